The van der Waals surface area contributed by atoms with Gasteiger partial charge in [-0.05, 0) is 24.6 Å². The van der Waals surface area contributed by atoms with Crippen molar-refractivity contribution in [2.24, 2.45) is 0 Å². The van der Waals surface area contributed by atoms with E-state index in [0.29, 0.717) is 18.0 Å². The number of methoxy groups -OCH3 is 1. The van der Waals surface area contributed by atoms with Crippen molar-refractivity contribution in [1.29, 1.82) is 0 Å². The smallest absolute Gasteiger partial charge is 0.313 e. The summed E-state index contributed by atoms with van der Waals surface area (Å²) in [6.07, 6.45) is 0.120. The average molecular weight is 310 g/mol. The Balaban J connectivity index is 1.90. The molecule has 3 rings (SSSR count). The number of ether oxygens (including phenoxy) is 2. The molecular formula is C19H18O4. The topological polar surface area (TPSA) is 48.7 Å². The molecule has 4 heteroatoms. The Morgan fingerprint density at radius 3 is 2.61 bits per heavy atom. The molecule has 0 aliphatic rings. The fourth-order valence-corrected chi connectivity index (χ4v) is 2.54. The van der Waals surface area contributed by atoms with Crippen molar-refractivity contribution >= 4 is 16.9 Å². The SMILES string of the molecule is COC(=O)Cc1oc2cccc(OCc3ccccc3)c2c1C. The van der Waals surface area contributed by atoms with Gasteiger partial charge in [0.25, 0.3) is 0 Å². The predicted octanol–water partition coefficient (Wildman–Crippen LogP) is 4.04. The Morgan fingerprint density at radius 2 is 1.87 bits per heavy atom. The molecule has 1 heterocycles. The number of rotatable bonds is 5. The lowest BCUT2D eigenvalue weighted by Crippen LogP contribution is -2.04. The maximum atomic E-state index is 11.5. The van der Waals surface area contributed by atoms with E-state index in [4.69, 9.17) is 13.9 Å². The molecule has 2 aromatic carbocycles. The van der Waals surface area contributed by atoms with Crippen LogP contribution in [0.15, 0.2) is 52.9 Å². The summed E-state index contributed by atoms with van der Waals surface area (Å²) in [6, 6.07) is 15.6. The van der Waals surface area contributed by atoms with Gasteiger partial charge in [0, 0.05) is 5.56 Å². The molecule has 0 amide bonds. The van der Waals surface area contributed by atoms with Crippen LogP contribution in [-0.4, -0.2) is 13.1 Å². The van der Waals surface area contributed by atoms with Gasteiger partial charge in [0.15, 0.2) is 0 Å². The van der Waals surface area contributed by atoms with E-state index >= 15 is 0 Å². The largest absolute Gasteiger partial charge is 0.488 e. The molecule has 0 saturated heterocycles. The Kier molecular flexibility index (Phi) is 4.33. The second-order valence-electron chi connectivity index (χ2n) is 5.31. The summed E-state index contributed by atoms with van der Waals surface area (Å²) in [7, 11) is 1.37. The summed E-state index contributed by atoms with van der Waals surface area (Å²) < 4.78 is 16.4. The number of hydrogen-bond donors (Lipinski definition) is 0. The maximum Gasteiger partial charge on any atom is 0.313 e. The van der Waals surface area contributed by atoms with Gasteiger partial charge in [0.2, 0.25) is 0 Å². The molecule has 0 N–H and O–H groups in total. The first-order valence-corrected chi connectivity index (χ1v) is 7.43. The molecule has 23 heavy (non-hydrogen) atoms. The zero-order chi connectivity index (χ0) is 16.2. The molecule has 0 fully saturated rings. The van der Waals surface area contributed by atoms with Gasteiger partial charge in [-0.3, -0.25) is 4.79 Å². The molecule has 0 aliphatic carbocycles. The Bertz CT molecular complexity index is 818. The molecule has 4 nitrogen and oxygen atoms in total. The van der Waals surface area contributed by atoms with Crippen LogP contribution in [0.1, 0.15) is 16.9 Å². The summed E-state index contributed by atoms with van der Waals surface area (Å²) in [6.45, 7) is 2.41. The zero-order valence-electron chi connectivity index (χ0n) is 13.2. The first-order chi connectivity index (χ1) is 11.2. The highest BCUT2D eigenvalue weighted by atomic mass is 16.5. The van der Waals surface area contributed by atoms with Crippen molar-refractivity contribution in [3.63, 3.8) is 0 Å². The minimum Gasteiger partial charge on any atom is -0.488 e. The van der Waals surface area contributed by atoms with Crippen molar-refractivity contribution < 1.29 is 18.7 Å². The van der Waals surface area contributed by atoms with Gasteiger partial charge in [0.1, 0.15) is 30.1 Å². The second-order valence-corrected chi connectivity index (χ2v) is 5.31. The van der Waals surface area contributed by atoms with E-state index in [9.17, 15) is 4.79 Å². The van der Waals surface area contributed by atoms with Crippen molar-refractivity contribution in [3.8, 4) is 5.75 Å². The van der Waals surface area contributed by atoms with Crippen LogP contribution in [0.2, 0.25) is 0 Å². The summed E-state index contributed by atoms with van der Waals surface area (Å²) in [5.41, 5.74) is 2.72. The quantitative estimate of drug-likeness (QED) is 0.667. The third-order valence-corrected chi connectivity index (χ3v) is 3.78. The standard InChI is InChI=1S/C19H18O4/c1-13-17(11-18(20)21-2)23-16-10-6-9-15(19(13)16)22-12-14-7-4-3-5-8-14/h3-10H,11-12H2,1-2H3. The van der Waals surface area contributed by atoms with Gasteiger partial charge in [-0.15, -0.1) is 0 Å². The van der Waals surface area contributed by atoms with E-state index in [-0.39, 0.29) is 12.4 Å². The minimum absolute atomic E-state index is 0.120. The van der Waals surface area contributed by atoms with Crippen LogP contribution in [0.5, 0.6) is 5.75 Å². The Morgan fingerprint density at radius 1 is 1.09 bits per heavy atom. The summed E-state index contributed by atoms with van der Waals surface area (Å²) in [5, 5.41) is 0.905. The summed E-state index contributed by atoms with van der Waals surface area (Å²) >= 11 is 0. The molecule has 0 atom stereocenters. The highest BCUT2D eigenvalue weighted by molar-refractivity contribution is 5.89. The lowest BCUT2D eigenvalue weighted by atomic mass is 10.1. The van der Waals surface area contributed by atoms with Gasteiger partial charge in [0.05, 0.1) is 12.5 Å². The number of fused-ring (bicyclic) bond motifs is 1. The van der Waals surface area contributed by atoms with Gasteiger partial charge in [-0.25, -0.2) is 0 Å². The zero-order valence-corrected chi connectivity index (χ0v) is 13.2. The molecule has 118 valence electrons. The van der Waals surface area contributed by atoms with E-state index in [1.807, 2.05) is 55.5 Å². The molecule has 0 spiro atoms. The fourth-order valence-electron chi connectivity index (χ4n) is 2.54. The predicted molar refractivity (Wildman–Crippen MR) is 87.4 cm³/mol. The first kappa shape index (κ1) is 15.2. The van der Waals surface area contributed by atoms with Crippen molar-refractivity contribution in [3.05, 3.63) is 65.4 Å². The molecule has 0 saturated carbocycles. The number of esters is 1. The average Bonchev–Trinajstić information content (AvgIpc) is 2.90. The molecule has 0 radical (unpaired) electrons. The van der Waals surface area contributed by atoms with E-state index in [1.54, 1.807) is 0 Å². The van der Waals surface area contributed by atoms with Crippen molar-refractivity contribution in [1.82, 2.24) is 0 Å². The monoisotopic (exact) mass is 310 g/mol. The third-order valence-electron chi connectivity index (χ3n) is 3.78. The number of carbonyl (C=O) groups excluding carboxylic acids is 1. The Labute approximate surface area is 134 Å². The molecule has 0 bridgehead atoms. The lowest BCUT2D eigenvalue weighted by molar-refractivity contribution is -0.140. The summed E-state index contributed by atoms with van der Waals surface area (Å²) in [5.74, 6) is 1.05. The molecular weight excluding hydrogens is 292 g/mol. The van der Waals surface area contributed by atoms with E-state index in [0.717, 1.165) is 22.3 Å². The highest BCUT2D eigenvalue weighted by Crippen LogP contribution is 2.33. The van der Waals surface area contributed by atoms with Crippen molar-refractivity contribution in [2.45, 2.75) is 20.0 Å². The fraction of sp³-hybridized carbons (Fsp3) is 0.211. The molecule has 0 aliphatic heterocycles. The van der Waals surface area contributed by atoms with Crippen LogP contribution in [0, 0.1) is 6.92 Å². The first-order valence-electron chi connectivity index (χ1n) is 7.43. The van der Waals surface area contributed by atoms with Gasteiger partial charge in [-0.1, -0.05) is 36.4 Å². The molecule has 3 aromatic rings. The van der Waals surface area contributed by atoms with E-state index < -0.39 is 0 Å². The number of aryl methyl sites for hydroxylation is 1. The van der Waals surface area contributed by atoms with Crippen molar-refractivity contribution in [2.75, 3.05) is 7.11 Å². The third kappa shape index (κ3) is 3.21. The molecule has 0 unspecified atom stereocenters. The van der Waals surface area contributed by atoms with Gasteiger partial charge in [-0.2, -0.15) is 0 Å². The van der Waals surface area contributed by atoms with Crippen LogP contribution in [0.3, 0.4) is 0 Å². The van der Waals surface area contributed by atoms with E-state index in [2.05, 4.69) is 0 Å². The minimum atomic E-state index is -0.320. The van der Waals surface area contributed by atoms with Crippen LogP contribution >= 0.6 is 0 Å². The van der Waals surface area contributed by atoms with Crippen LogP contribution < -0.4 is 4.74 Å². The lowest BCUT2D eigenvalue weighted by Gasteiger charge is -2.07. The van der Waals surface area contributed by atoms with Crippen LogP contribution in [0.4, 0.5) is 0 Å². The number of benzene rings is 2. The summed E-state index contributed by atoms with van der Waals surface area (Å²) in [4.78, 5) is 11.5. The second kappa shape index (κ2) is 6.57. The van der Waals surface area contributed by atoms with Gasteiger partial charge < -0.3 is 13.9 Å². The van der Waals surface area contributed by atoms with E-state index in [1.165, 1.54) is 7.11 Å². The molecule has 1 aromatic heterocycles. The van der Waals surface area contributed by atoms with Crippen LogP contribution in [0.25, 0.3) is 11.0 Å². The van der Waals surface area contributed by atoms with Crippen LogP contribution in [-0.2, 0) is 22.6 Å². The highest BCUT2D eigenvalue weighted by Gasteiger charge is 2.17. The maximum absolute atomic E-state index is 11.5. The normalized spacial score (nSPS) is 10.7. The van der Waals surface area contributed by atoms with Gasteiger partial charge >= 0.3 is 5.97 Å². The Hall–Kier alpha value is -2.75. The number of carbonyl (C=O) groups is 1. The number of furan rings is 1. The number of hydrogen-bond acceptors (Lipinski definition) is 4.